The first kappa shape index (κ1) is 17.6. The molecule has 0 spiro atoms. The monoisotopic (exact) mass is 398 g/mol. The highest BCUT2D eigenvalue weighted by molar-refractivity contribution is 9.10. The SMILES string of the molecule is CCCC(=O)c1cc(Br)c2nc(C#N)n(S(=O)(=O)N(C)C)c2c1. The summed E-state index contributed by atoms with van der Waals surface area (Å²) >= 11 is 3.30. The molecule has 0 amide bonds. The summed E-state index contributed by atoms with van der Waals surface area (Å²) < 4.78 is 27.3. The molecule has 1 aromatic heterocycles. The number of nitrogens with zero attached hydrogens (tertiary/aromatic N) is 4. The minimum Gasteiger partial charge on any atom is -0.294 e. The summed E-state index contributed by atoms with van der Waals surface area (Å²) in [5.41, 5.74) is 0.898. The molecule has 0 aliphatic heterocycles. The van der Waals surface area contributed by atoms with Crippen molar-refractivity contribution in [2.24, 2.45) is 0 Å². The van der Waals surface area contributed by atoms with Gasteiger partial charge in [-0.2, -0.15) is 22.0 Å². The summed E-state index contributed by atoms with van der Waals surface area (Å²) in [6.45, 7) is 1.89. The zero-order valence-corrected chi connectivity index (χ0v) is 15.3. The van der Waals surface area contributed by atoms with Crippen LogP contribution in [0.1, 0.15) is 35.9 Å². The zero-order valence-electron chi connectivity index (χ0n) is 12.9. The largest absolute Gasteiger partial charge is 0.309 e. The Balaban J connectivity index is 2.86. The van der Waals surface area contributed by atoms with Crippen LogP contribution >= 0.6 is 15.9 Å². The standard InChI is InChI=1S/C14H15BrN4O3S/c1-4-5-12(20)9-6-10(15)14-11(7-9)19(13(8-16)17-14)23(21,22)18(2)3/h6-7H,4-5H2,1-3H3. The maximum Gasteiger partial charge on any atom is 0.309 e. The van der Waals surface area contributed by atoms with Crippen molar-refractivity contribution in [2.75, 3.05) is 14.1 Å². The average molecular weight is 399 g/mol. The van der Waals surface area contributed by atoms with Crippen LogP contribution < -0.4 is 0 Å². The Hall–Kier alpha value is -1.76. The highest BCUT2D eigenvalue weighted by atomic mass is 79.9. The van der Waals surface area contributed by atoms with Crippen LogP contribution in [0, 0.1) is 11.3 Å². The second-order valence-corrected chi connectivity index (χ2v) is 7.95. The number of nitriles is 1. The number of carbonyl (C=O) groups excluding carboxylic acids is 1. The lowest BCUT2D eigenvalue weighted by Crippen LogP contribution is -2.29. The van der Waals surface area contributed by atoms with Gasteiger partial charge < -0.3 is 0 Å². The molecule has 0 bridgehead atoms. The van der Waals surface area contributed by atoms with Crippen molar-refractivity contribution in [2.45, 2.75) is 19.8 Å². The number of hydrogen-bond acceptors (Lipinski definition) is 5. The molecule has 0 saturated carbocycles. The number of rotatable bonds is 5. The Morgan fingerprint density at radius 2 is 2.09 bits per heavy atom. The smallest absolute Gasteiger partial charge is 0.294 e. The number of carbonyl (C=O) groups is 1. The molecule has 7 nitrogen and oxygen atoms in total. The van der Waals surface area contributed by atoms with Crippen LogP contribution in [-0.4, -0.2) is 41.6 Å². The van der Waals surface area contributed by atoms with Crippen LogP contribution in [0.3, 0.4) is 0 Å². The number of imidazole rings is 1. The molecule has 9 heteroatoms. The van der Waals surface area contributed by atoms with Crippen LogP contribution in [-0.2, 0) is 10.2 Å². The van der Waals surface area contributed by atoms with Gasteiger partial charge in [0.1, 0.15) is 11.6 Å². The molecule has 122 valence electrons. The number of hydrogen-bond donors (Lipinski definition) is 0. The summed E-state index contributed by atoms with van der Waals surface area (Å²) in [4.78, 5) is 16.2. The van der Waals surface area contributed by atoms with E-state index in [2.05, 4.69) is 20.9 Å². The summed E-state index contributed by atoms with van der Waals surface area (Å²) in [6, 6.07) is 4.85. The van der Waals surface area contributed by atoms with Crippen molar-refractivity contribution in [3.63, 3.8) is 0 Å². The van der Waals surface area contributed by atoms with Gasteiger partial charge in [0.05, 0.1) is 5.52 Å². The average Bonchev–Trinajstić information content (AvgIpc) is 2.87. The fraction of sp³-hybridized carbons (Fsp3) is 0.357. The van der Waals surface area contributed by atoms with Crippen molar-refractivity contribution in [1.29, 1.82) is 5.26 Å². The number of aromatic nitrogens is 2. The van der Waals surface area contributed by atoms with E-state index in [4.69, 9.17) is 0 Å². The molecule has 2 rings (SSSR count). The van der Waals surface area contributed by atoms with Crippen LogP contribution in [0.25, 0.3) is 11.0 Å². The molecule has 0 unspecified atom stereocenters. The second-order valence-electron chi connectivity index (χ2n) is 5.10. The van der Waals surface area contributed by atoms with Gasteiger partial charge in [-0.3, -0.25) is 4.79 Å². The molecule has 23 heavy (non-hydrogen) atoms. The second kappa shape index (κ2) is 6.39. The van der Waals surface area contributed by atoms with Gasteiger partial charge in [0.2, 0.25) is 5.82 Å². The Bertz CT molecular complexity index is 926. The number of benzene rings is 1. The van der Waals surface area contributed by atoms with Crippen LogP contribution in [0.15, 0.2) is 16.6 Å². The van der Waals surface area contributed by atoms with Crippen LogP contribution in [0.5, 0.6) is 0 Å². The van der Waals surface area contributed by atoms with Crippen molar-refractivity contribution >= 4 is 43.0 Å². The van der Waals surface area contributed by atoms with E-state index in [9.17, 15) is 18.5 Å². The molecule has 2 aromatic rings. The normalized spacial score (nSPS) is 11.8. The third-order valence-corrected chi connectivity index (χ3v) is 5.62. The van der Waals surface area contributed by atoms with E-state index < -0.39 is 10.2 Å². The predicted molar refractivity (Wildman–Crippen MR) is 89.4 cm³/mol. The molecule has 0 aliphatic rings. The van der Waals surface area contributed by atoms with E-state index in [1.807, 2.05) is 6.92 Å². The number of Topliss-reactive ketones (excluding diaryl/α,β-unsaturated/α-hetero) is 1. The molecule has 0 radical (unpaired) electrons. The van der Waals surface area contributed by atoms with Gasteiger partial charge in [0, 0.05) is 30.6 Å². The molecule has 0 aliphatic carbocycles. The number of fused-ring (bicyclic) bond motifs is 1. The lowest BCUT2D eigenvalue weighted by Gasteiger charge is -2.13. The van der Waals surface area contributed by atoms with Crippen LogP contribution in [0.2, 0.25) is 0 Å². The maximum atomic E-state index is 12.5. The van der Waals surface area contributed by atoms with Gasteiger partial charge in [0.25, 0.3) is 0 Å². The van der Waals surface area contributed by atoms with E-state index in [0.717, 1.165) is 8.28 Å². The molecule has 0 N–H and O–H groups in total. The first-order valence-corrected chi connectivity index (χ1v) is 9.01. The maximum absolute atomic E-state index is 12.5. The summed E-state index contributed by atoms with van der Waals surface area (Å²) in [5.74, 6) is -0.349. The Labute approximate surface area is 142 Å². The highest BCUT2D eigenvalue weighted by Gasteiger charge is 2.26. The first-order valence-electron chi connectivity index (χ1n) is 6.82. The number of halogens is 1. The van der Waals surface area contributed by atoms with Gasteiger partial charge in [-0.25, -0.2) is 4.98 Å². The third kappa shape index (κ3) is 3.02. The Morgan fingerprint density at radius 3 is 2.61 bits per heavy atom. The van der Waals surface area contributed by atoms with Crippen molar-refractivity contribution in [3.8, 4) is 6.07 Å². The topological polar surface area (TPSA) is 96.1 Å². The summed E-state index contributed by atoms with van der Waals surface area (Å²) in [6.07, 6.45) is 1.05. The van der Waals surface area contributed by atoms with E-state index in [1.54, 1.807) is 12.1 Å². The summed E-state index contributed by atoms with van der Waals surface area (Å²) in [5, 5.41) is 9.22. The lowest BCUT2D eigenvalue weighted by molar-refractivity contribution is 0.0982. The van der Waals surface area contributed by atoms with Gasteiger partial charge >= 0.3 is 10.2 Å². The molecule has 0 saturated heterocycles. The first-order chi connectivity index (χ1) is 10.7. The fourth-order valence-electron chi connectivity index (χ4n) is 2.12. The zero-order chi connectivity index (χ0) is 17.4. The quantitative estimate of drug-likeness (QED) is 0.719. The van der Waals surface area contributed by atoms with E-state index in [1.165, 1.54) is 20.2 Å². The van der Waals surface area contributed by atoms with Crippen LogP contribution in [0.4, 0.5) is 0 Å². The highest BCUT2D eigenvalue weighted by Crippen LogP contribution is 2.28. The van der Waals surface area contributed by atoms with Gasteiger partial charge in [-0.05, 0) is 34.5 Å². The van der Waals surface area contributed by atoms with Gasteiger partial charge in [-0.1, -0.05) is 6.92 Å². The van der Waals surface area contributed by atoms with Crippen molar-refractivity contribution < 1.29 is 13.2 Å². The van der Waals surface area contributed by atoms with Crippen molar-refractivity contribution in [1.82, 2.24) is 13.3 Å². The van der Waals surface area contributed by atoms with Gasteiger partial charge in [0.15, 0.2) is 5.78 Å². The minimum absolute atomic E-state index is 0.0939. The Kier molecular flexibility index (Phi) is 4.89. The molecule has 1 aromatic carbocycles. The fourth-order valence-corrected chi connectivity index (χ4v) is 3.67. The Morgan fingerprint density at radius 1 is 1.43 bits per heavy atom. The van der Waals surface area contributed by atoms with E-state index in [0.29, 0.717) is 28.4 Å². The predicted octanol–water partition coefficient (Wildman–Crippen LogP) is 2.31. The lowest BCUT2D eigenvalue weighted by atomic mass is 10.1. The molecule has 1 heterocycles. The van der Waals surface area contributed by atoms with E-state index in [-0.39, 0.29) is 17.1 Å². The number of ketones is 1. The molecule has 0 atom stereocenters. The minimum atomic E-state index is -3.94. The summed E-state index contributed by atoms with van der Waals surface area (Å²) in [7, 11) is -1.21. The van der Waals surface area contributed by atoms with Gasteiger partial charge in [-0.15, -0.1) is 0 Å². The van der Waals surface area contributed by atoms with E-state index >= 15 is 0 Å². The molecule has 0 fully saturated rings. The molecular formula is C14H15BrN4O3S. The third-order valence-electron chi connectivity index (χ3n) is 3.26. The van der Waals surface area contributed by atoms with Crippen molar-refractivity contribution in [3.05, 3.63) is 28.0 Å². The molecular weight excluding hydrogens is 384 g/mol.